The van der Waals surface area contributed by atoms with Gasteiger partial charge in [0.2, 0.25) is 5.95 Å². The van der Waals surface area contributed by atoms with Crippen molar-refractivity contribution in [1.82, 2.24) is 15.0 Å². The Balaban J connectivity index is 1.75. The lowest BCUT2D eigenvalue weighted by Crippen LogP contribution is -2.39. The van der Waals surface area contributed by atoms with Gasteiger partial charge in [-0.15, -0.1) is 0 Å². The van der Waals surface area contributed by atoms with E-state index in [0.717, 1.165) is 25.2 Å². The molecule has 1 N–H and O–H groups in total. The average Bonchev–Trinajstić information content (AvgIpc) is 2.62. The summed E-state index contributed by atoms with van der Waals surface area (Å²) >= 11 is 0. The molecular weight excluding hydrogens is 278 g/mol. The number of Topliss-reactive ketones (excluding diaryl/α,β-unsaturated/α-hetero) is 1. The number of ketones is 1. The molecule has 0 aromatic carbocycles. The van der Waals surface area contributed by atoms with Crippen molar-refractivity contribution in [1.29, 1.82) is 0 Å². The summed E-state index contributed by atoms with van der Waals surface area (Å²) in [6, 6.07) is 7.27. The SMILES string of the molecule is CNc1ccnc(N2CCC[C@@H](C(=O)c3ccccn3)C2)n1. The minimum atomic E-state index is -0.0505. The molecule has 3 heterocycles. The summed E-state index contributed by atoms with van der Waals surface area (Å²) in [5, 5.41) is 3.01. The lowest BCUT2D eigenvalue weighted by molar-refractivity contribution is 0.0902. The number of nitrogens with zero attached hydrogens (tertiary/aromatic N) is 4. The van der Waals surface area contributed by atoms with Crippen LogP contribution >= 0.6 is 0 Å². The van der Waals surface area contributed by atoms with Crippen molar-refractivity contribution in [2.24, 2.45) is 5.92 Å². The van der Waals surface area contributed by atoms with E-state index in [1.54, 1.807) is 18.5 Å². The van der Waals surface area contributed by atoms with E-state index < -0.39 is 0 Å². The maximum Gasteiger partial charge on any atom is 0.227 e. The third kappa shape index (κ3) is 3.05. The van der Waals surface area contributed by atoms with Crippen molar-refractivity contribution in [3.05, 3.63) is 42.4 Å². The first kappa shape index (κ1) is 14.4. The van der Waals surface area contributed by atoms with Gasteiger partial charge in [-0.05, 0) is 31.0 Å². The molecule has 2 aromatic rings. The third-order valence-electron chi connectivity index (χ3n) is 3.89. The van der Waals surface area contributed by atoms with Crippen LogP contribution in [-0.2, 0) is 0 Å². The van der Waals surface area contributed by atoms with E-state index >= 15 is 0 Å². The number of hydrogen-bond donors (Lipinski definition) is 1. The number of aromatic nitrogens is 3. The lowest BCUT2D eigenvalue weighted by atomic mass is 9.92. The van der Waals surface area contributed by atoms with Crippen molar-refractivity contribution in [2.75, 3.05) is 30.4 Å². The molecule has 1 aliphatic heterocycles. The molecule has 1 aliphatic rings. The summed E-state index contributed by atoms with van der Waals surface area (Å²) in [5.74, 6) is 1.51. The van der Waals surface area contributed by atoms with Gasteiger partial charge >= 0.3 is 0 Å². The first-order chi connectivity index (χ1) is 10.8. The maximum absolute atomic E-state index is 12.6. The predicted octanol–water partition coefficient (Wildman–Crippen LogP) is 2.01. The van der Waals surface area contributed by atoms with E-state index in [0.29, 0.717) is 18.2 Å². The molecule has 1 atom stereocenters. The van der Waals surface area contributed by atoms with Crippen LogP contribution in [0.15, 0.2) is 36.7 Å². The fourth-order valence-electron chi connectivity index (χ4n) is 2.73. The van der Waals surface area contributed by atoms with Crippen LogP contribution in [0.4, 0.5) is 11.8 Å². The molecule has 0 unspecified atom stereocenters. The molecule has 1 fully saturated rings. The van der Waals surface area contributed by atoms with E-state index in [4.69, 9.17) is 0 Å². The molecule has 2 aromatic heterocycles. The highest BCUT2D eigenvalue weighted by atomic mass is 16.1. The van der Waals surface area contributed by atoms with Gasteiger partial charge in [0.15, 0.2) is 5.78 Å². The van der Waals surface area contributed by atoms with Crippen LogP contribution in [0.2, 0.25) is 0 Å². The predicted molar refractivity (Wildman–Crippen MR) is 85.1 cm³/mol. The second-order valence-electron chi connectivity index (χ2n) is 5.36. The Labute approximate surface area is 129 Å². The molecule has 0 amide bonds. The largest absolute Gasteiger partial charge is 0.373 e. The second kappa shape index (κ2) is 6.51. The summed E-state index contributed by atoms with van der Waals surface area (Å²) in [6.07, 6.45) is 5.24. The van der Waals surface area contributed by atoms with Crippen LogP contribution in [0, 0.1) is 5.92 Å². The molecule has 114 valence electrons. The molecule has 0 spiro atoms. The summed E-state index contributed by atoms with van der Waals surface area (Å²) < 4.78 is 0. The van der Waals surface area contributed by atoms with Crippen molar-refractivity contribution in [3.8, 4) is 0 Å². The van der Waals surface area contributed by atoms with Crippen LogP contribution < -0.4 is 10.2 Å². The molecule has 22 heavy (non-hydrogen) atoms. The van der Waals surface area contributed by atoms with E-state index in [1.807, 2.05) is 25.2 Å². The first-order valence-electron chi connectivity index (χ1n) is 7.49. The maximum atomic E-state index is 12.6. The zero-order valence-corrected chi connectivity index (χ0v) is 12.6. The number of piperidine rings is 1. The number of nitrogens with one attached hydrogen (secondary N) is 1. The van der Waals surface area contributed by atoms with Gasteiger partial charge in [0.25, 0.3) is 0 Å². The Morgan fingerprint density at radius 1 is 1.27 bits per heavy atom. The molecule has 0 aliphatic carbocycles. The normalized spacial score (nSPS) is 18.0. The van der Waals surface area contributed by atoms with Gasteiger partial charge in [0, 0.05) is 38.4 Å². The Bertz CT molecular complexity index is 646. The standard InChI is InChI=1S/C16H19N5O/c1-17-14-7-9-19-16(20-14)21-10-4-5-12(11-21)15(22)13-6-2-3-8-18-13/h2-3,6-9,12H,4-5,10-11H2,1H3,(H,17,19,20)/t12-/m1/s1. The van der Waals surface area contributed by atoms with E-state index in [-0.39, 0.29) is 11.7 Å². The summed E-state index contributed by atoms with van der Waals surface area (Å²) in [6.45, 7) is 1.52. The van der Waals surface area contributed by atoms with Crippen LogP contribution in [0.1, 0.15) is 23.3 Å². The Hall–Kier alpha value is -2.50. The third-order valence-corrected chi connectivity index (χ3v) is 3.89. The van der Waals surface area contributed by atoms with E-state index in [1.165, 1.54) is 0 Å². The molecule has 6 heteroatoms. The number of hydrogen-bond acceptors (Lipinski definition) is 6. The summed E-state index contributed by atoms with van der Waals surface area (Å²) in [4.78, 5) is 27.6. The molecule has 0 bridgehead atoms. The van der Waals surface area contributed by atoms with Gasteiger partial charge in [0.1, 0.15) is 11.5 Å². The Kier molecular flexibility index (Phi) is 4.27. The molecule has 1 saturated heterocycles. The molecule has 6 nitrogen and oxygen atoms in total. The quantitative estimate of drug-likeness (QED) is 0.871. The van der Waals surface area contributed by atoms with Gasteiger partial charge in [0.05, 0.1) is 0 Å². The van der Waals surface area contributed by atoms with Crippen LogP contribution in [0.5, 0.6) is 0 Å². The second-order valence-corrected chi connectivity index (χ2v) is 5.36. The number of carbonyl (C=O) groups excluding carboxylic acids is 1. The zero-order valence-electron chi connectivity index (χ0n) is 12.6. The summed E-state index contributed by atoms with van der Waals surface area (Å²) in [5.41, 5.74) is 0.541. The summed E-state index contributed by atoms with van der Waals surface area (Å²) in [7, 11) is 1.83. The van der Waals surface area contributed by atoms with Gasteiger partial charge in [-0.25, -0.2) is 4.98 Å². The minimum Gasteiger partial charge on any atom is -0.373 e. The average molecular weight is 297 g/mol. The number of anilines is 2. The fraction of sp³-hybridized carbons (Fsp3) is 0.375. The Morgan fingerprint density at radius 3 is 2.95 bits per heavy atom. The van der Waals surface area contributed by atoms with Gasteiger partial charge in [-0.2, -0.15) is 4.98 Å². The number of rotatable bonds is 4. The molecule has 0 radical (unpaired) electrons. The van der Waals surface area contributed by atoms with Crippen LogP contribution in [0.3, 0.4) is 0 Å². The zero-order chi connectivity index (χ0) is 15.4. The number of pyridine rings is 1. The van der Waals surface area contributed by atoms with Crippen molar-refractivity contribution in [2.45, 2.75) is 12.8 Å². The topological polar surface area (TPSA) is 71.0 Å². The van der Waals surface area contributed by atoms with Crippen LogP contribution in [0.25, 0.3) is 0 Å². The first-order valence-corrected chi connectivity index (χ1v) is 7.49. The van der Waals surface area contributed by atoms with Gasteiger partial charge < -0.3 is 10.2 Å². The lowest BCUT2D eigenvalue weighted by Gasteiger charge is -2.31. The number of carbonyl (C=O) groups is 1. The smallest absolute Gasteiger partial charge is 0.227 e. The van der Waals surface area contributed by atoms with Crippen molar-refractivity contribution < 1.29 is 4.79 Å². The van der Waals surface area contributed by atoms with E-state index in [9.17, 15) is 4.79 Å². The van der Waals surface area contributed by atoms with E-state index in [2.05, 4.69) is 25.2 Å². The fourth-order valence-corrected chi connectivity index (χ4v) is 2.73. The Morgan fingerprint density at radius 2 is 2.18 bits per heavy atom. The molecule has 3 rings (SSSR count). The van der Waals surface area contributed by atoms with Crippen LogP contribution in [-0.4, -0.2) is 40.9 Å². The van der Waals surface area contributed by atoms with Gasteiger partial charge in [-0.3, -0.25) is 9.78 Å². The van der Waals surface area contributed by atoms with Gasteiger partial charge in [-0.1, -0.05) is 6.07 Å². The van der Waals surface area contributed by atoms with Crippen molar-refractivity contribution in [3.63, 3.8) is 0 Å². The highest BCUT2D eigenvalue weighted by Gasteiger charge is 2.28. The molecular formula is C16H19N5O. The molecule has 0 saturated carbocycles. The highest BCUT2D eigenvalue weighted by molar-refractivity contribution is 5.96. The highest BCUT2D eigenvalue weighted by Crippen LogP contribution is 2.23. The van der Waals surface area contributed by atoms with Crippen molar-refractivity contribution >= 4 is 17.5 Å². The monoisotopic (exact) mass is 297 g/mol. The minimum absolute atomic E-state index is 0.0505.